The molecule has 1 aromatic rings. The summed E-state index contributed by atoms with van der Waals surface area (Å²) in [5, 5.41) is 0. The van der Waals surface area contributed by atoms with Crippen molar-refractivity contribution in [1.29, 1.82) is 0 Å². The van der Waals surface area contributed by atoms with Crippen LogP contribution in [0.2, 0.25) is 0 Å². The SMILES string of the molecule is Cc1ccc(S(=O)(=O)N(N)[C@H](C2CCCCC2)[C@@H](C)C=O)cc1. The van der Waals surface area contributed by atoms with E-state index < -0.39 is 22.0 Å². The number of aryl methyl sites for hydroxylation is 1. The van der Waals surface area contributed by atoms with Gasteiger partial charge in [0.1, 0.15) is 6.29 Å². The number of nitrogens with zero attached hydrogens (tertiary/aromatic N) is 1. The highest BCUT2D eigenvalue weighted by atomic mass is 32.2. The summed E-state index contributed by atoms with van der Waals surface area (Å²) in [4.78, 5) is 11.5. The van der Waals surface area contributed by atoms with Crippen LogP contribution >= 0.6 is 0 Å². The van der Waals surface area contributed by atoms with E-state index in [2.05, 4.69) is 0 Å². The summed E-state index contributed by atoms with van der Waals surface area (Å²) < 4.78 is 26.6. The summed E-state index contributed by atoms with van der Waals surface area (Å²) in [7, 11) is -3.81. The molecule has 0 aromatic heterocycles. The quantitative estimate of drug-likeness (QED) is 0.491. The molecule has 0 unspecified atom stereocenters. The van der Waals surface area contributed by atoms with Crippen LogP contribution in [0.5, 0.6) is 0 Å². The van der Waals surface area contributed by atoms with Gasteiger partial charge in [-0.05, 0) is 37.8 Å². The van der Waals surface area contributed by atoms with Crippen molar-refractivity contribution in [1.82, 2.24) is 4.41 Å². The largest absolute Gasteiger partial charge is 0.303 e. The lowest BCUT2D eigenvalue weighted by molar-refractivity contribution is -0.112. The number of hydrazine groups is 1. The topological polar surface area (TPSA) is 80.5 Å². The smallest absolute Gasteiger partial charge is 0.255 e. The van der Waals surface area contributed by atoms with Gasteiger partial charge in [0, 0.05) is 5.92 Å². The van der Waals surface area contributed by atoms with E-state index in [0.717, 1.165) is 48.4 Å². The molecule has 1 saturated carbocycles. The zero-order valence-corrected chi connectivity index (χ0v) is 14.6. The van der Waals surface area contributed by atoms with Crippen LogP contribution in [0.1, 0.15) is 44.6 Å². The van der Waals surface area contributed by atoms with E-state index in [1.165, 1.54) is 0 Å². The van der Waals surface area contributed by atoms with Crippen LogP contribution in [-0.4, -0.2) is 25.2 Å². The molecule has 0 bridgehead atoms. The van der Waals surface area contributed by atoms with Crippen molar-refractivity contribution in [3.8, 4) is 0 Å². The lowest BCUT2D eigenvalue weighted by atomic mass is 9.80. The number of carbonyl (C=O) groups excluding carboxylic acids is 1. The third-order valence-electron chi connectivity index (χ3n) is 4.78. The predicted octanol–water partition coefficient (Wildman–Crippen LogP) is 2.64. The van der Waals surface area contributed by atoms with E-state index in [1.807, 2.05) is 6.92 Å². The maximum absolute atomic E-state index is 12.8. The minimum atomic E-state index is -3.81. The number of rotatable bonds is 6. The molecule has 0 saturated heterocycles. The molecular weight excluding hydrogens is 312 g/mol. The first-order chi connectivity index (χ1) is 10.9. The van der Waals surface area contributed by atoms with Crippen LogP contribution in [0.15, 0.2) is 29.2 Å². The zero-order chi connectivity index (χ0) is 17.0. The Hall–Kier alpha value is -1.24. The van der Waals surface area contributed by atoms with Crippen LogP contribution in [0, 0.1) is 18.8 Å². The number of sulfonamides is 1. The number of hydrogen-bond donors (Lipinski definition) is 1. The summed E-state index contributed by atoms with van der Waals surface area (Å²) in [6.07, 6.45) is 5.92. The molecule has 2 rings (SSSR count). The van der Waals surface area contributed by atoms with Gasteiger partial charge in [-0.2, -0.15) is 0 Å². The van der Waals surface area contributed by atoms with Gasteiger partial charge in [-0.15, -0.1) is 4.41 Å². The van der Waals surface area contributed by atoms with Crippen LogP contribution < -0.4 is 5.84 Å². The number of benzene rings is 1. The Kier molecular flexibility index (Phi) is 5.95. The van der Waals surface area contributed by atoms with Crippen molar-refractivity contribution in [2.45, 2.75) is 56.9 Å². The lowest BCUT2D eigenvalue weighted by Crippen LogP contribution is -2.52. The predicted molar refractivity (Wildman–Crippen MR) is 90.0 cm³/mol. The van der Waals surface area contributed by atoms with Gasteiger partial charge in [-0.3, -0.25) is 5.84 Å². The monoisotopic (exact) mass is 338 g/mol. The number of hydrogen-bond acceptors (Lipinski definition) is 4. The van der Waals surface area contributed by atoms with E-state index in [9.17, 15) is 13.2 Å². The minimum absolute atomic E-state index is 0.133. The Balaban J connectivity index is 2.33. The highest BCUT2D eigenvalue weighted by molar-refractivity contribution is 7.89. The zero-order valence-electron chi connectivity index (χ0n) is 13.8. The van der Waals surface area contributed by atoms with Gasteiger partial charge in [0.15, 0.2) is 0 Å². The fourth-order valence-electron chi connectivity index (χ4n) is 3.42. The Morgan fingerprint density at radius 3 is 2.26 bits per heavy atom. The standard InChI is InChI=1S/C17H26N2O3S/c1-13-8-10-16(11-9-13)23(21,22)19(18)17(14(2)12-20)15-6-4-3-5-7-15/h8-12,14-15,17H,3-7,18H2,1-2H3/t14-,17-/m0/s1. The Morgan fingerprint density at radius 1 is 1.17 bits per heavy atom. The van der Waals surface area contributed by atoms with Gasteiger partial charge in [0.05, 0.1) is 10.9 Å². The molecule has 6 heteroatoms. The fourth-order valence-corrected chi connectivity index (χ4v) is 4.83. The maximum Gasteiger partial charge on any atom is 0.255 e. The molecular formula is C17H26N2O3S. The summed E-state index contributed by atoms with van der Waals surface area (Å²) in [5.41, 5.74) is 0.984. The summed E-state index contributed by atoms with van der Waals surface area (Å²) in [5.74, 6) is 5.77. The Labute approximate surface area is 138 Å². The second-order valence-electron chi connectivity index (χ2n) is 6.53. The van der Waals surface area contributed by atoms with Crippen LogP contribution in [0.3, 0.4) is 0 Å². The van der Waals surface area contributed by atoms with Crippen molar-refractivity contribution in [3.05, 3.63) is 29.8 Å². The molecule has 0 amide bonds. The molecule has 1 aromatic carbocycles. The first-order valence-electron chi connectivity index (χ1n) is 8.19. The fraction of sp³-hybridized carbons (Fsp3) is 0.588. The van der Waals surface area contributed by atoms with Crippen molar-refractivity contribution >= 4 is 16.3 Å². The normalized spacial score (nSPS) is 19.5. The lowest BCUT2D eigenvalue weighted by Gasteiger charge is -2.37. The summed E-state index contributed by atoms with van der Waals surface area (Å²) in [6, 6.07) is 6.14. The maximum atomic E-state index is 12.8. The number of nitrogens with two attached hydrogens (primary N) is 1. The molecule has 2 N–H and O–H groups in total. The summed E-state index contributed by atoms with van der Waals surface area (Å²) >= 11 is 0. The molecule has 2 atom stereocenters. The number of carbonyl (C=O) groups is 1. The molecule has 0 spiro atoms. The molecule has 23 heavy (non-hydrogen) atoms. The van der Waals surface area contributed by atoms with E-state index in [4.69, 9.17) is 5.84 Å². The third kappa shape index (κ3) is 4.00. The van der Waals surface area contributed by atoms with Crippen molar-refractivity contribution in [2.24, 2.45) is 17.7 Å². The molecule has 5 nitrogen and oxygen atoms in total. The Morgan fingerprint density at radius 2 is 1.74 bits per heavy atom. The molecule has 0 radical (unpaired) electrons. The second kappa shape index (κ2) is 7.55. The summed E-state index contributed by atoms with van der Waals surface area (Å²) in [6.45, 7) is 3.65. The highest BCUT2D eigenvalue weighted by Gasteiger charge is 2.38. The van der Waals surface area contributed by atoms with Crippen molar-refractivity contribution < 1.29 is 13.2 Å². The van der Waals surface area contributed by atoms with Gasteiger partial charge in [0.25, 0.3) is 10.0 Å². The van der Waals surface area contributed by atoms with Gasteiger partial charge in [-0.1, -0.05) is 43.9 Å². The van der Waals surface area contributed by atoms with Gasteiger partial charge >= 0.3 is 0 Å². The average Bonchev–Trinajstić information content (AvgIpc) is 2.56. The first kappa shape index (κ1) is 18.1. The van der Waals surface area contributed by atoms with E-state index in [0.29, 0.717) is 0 Å². The number of aldehydes is 1. The van der Waals surface area contributed by atoms with Crippen LogP contribution in [0.4, 0.5) is 0 Å². The molecule has 1 aliphatic rings. The minimum Gasteiger partial charge on any atom is -0.303 e. The Bertz CT molecular complexity index is 622. The van der Waals surface area contributed by atoms with Gasteiger partial charge in [0.2, 0.25) is 0 Å². The molecule has 1 fully saturated rings. The first-order valence-corrected chi connectivity index (χ1v) is 9.63. The molecule has 0 heterocycles. The highest BCUT2D eigenvalue weighted by Crippen LogP contribution is 2.33. The molecule has 1 aliphatic carbocycles. The second-order valence-corrected chi connectivity index (χ2v) is 8.38. The van der Waals surface area contributed by atoms with Crippen molar-refractivity contribution in [3.63, 3.8) is 0 Å². The van der Waals surface area contributed by atoms with Gasteiger partial charge < -0.3 is 4.79 Å². The molecule has 0 aliphatic heterocycles. The van der Waals surface area contributed by atoms with E-state index in [1.54, 1.807) is 31.2 Å². The van der Waals surface area contributed by atoms with Crippen LogP contribution in [-0.2, 0) is 14.8 Å². The average molecular weight is 338 g/mol. The third-order valence-corrected chi connectivity index (χ3v) is 6.44. The van der Waals surface area contributed by atoms with Gasteiger partial charge in [-0.25, -0.2) is 8.42 Å². The van der Waals surface area contributed by atoms with E-state index in [-0.39, 0.29) is 10.8 Å². The van der Waals surface area contributed by atoms with Crippen molar-refractivity contribution in [2.75, 3.05) is 0 Å². The van der Waals surface area contributed by atoms with E-state index >= 15 is 0 Å². The van der Waals surface area contributed by atoms with Crippen LogP contribution in [0.25, 0.3) is 0 Å². The molecule has 128 valence electrons.